The van der Waals surface area contributed by atoms with Crippen LogP contribution in [0.25, 0.3) is 0 Å². The van der Waals surface area contributed by atoms with E-state index in [4.69, 9.17) is 32.7 Å². The zero-order valence-electron chi connectivity index (χ0n) is 20.8. The predicted octanol–water partition coefficient (Wildman–Crippen LogP) is 7.00. The highest BCUT2D eigenvalue weighted by Crippen LogP contribution is 2.26. The molecule has 4 rings (SSSR count). The summed E-state index contributed by atoms with van der Waals surface area (Å²) < 4.78 is 11.3. The molecule has 0 unspecified atom stereocenters. The van der Waals surface area contributed by atoms with Gasteiger partial charge in [0.05, 0.1) is 23.9 Å². The molecule has 0 spiro atoms. The van der Waals surface area contributed by atoms with Crippen molar-refractivity contribution < 1.29 is 23.9 Å². The normalized spacial score (nSPS) is 10.7. The van der Waals surface area contributed by atoms with Crippen LogP contribution in [0, 0.1) is 0 Å². The van der Waals surface area contributed by atoms with Crippen LogP contribution in [-0.2, 0) is 0 Å². The molecular formula is C29H20BrCl2N3O5. The summed E-state index contributed by atoms with van der Waals surface area (Å²) in [5, 5.41) is 7.31. The molecule has 0 saturated heterocycles. The fourth-order valence-corrected chi connectivity index (χ4v) is 4.26. The number of benzene rings is 4. The first kappa shape index (κ1) is 28.8. The largest absolute Gasteiger partial charge is 0.497 e. The third kappa shape index (κ3) is 7.47. The molecule has 0 aromatic heterocycles. The van der Waals surface area contributed by atoms with Crippen LogP contribution >= 0.6 is 39.1 Å². The minimum absolute atomic E-state index is 0.147. The number of hydrazone groups is 1. The van der Waals surface area contributed by atoms with Crippen LogP contribution in [-0.4, -0.2) is 31.1 Å². The number of anilines is 1. The number of methoxy groups -OCH3 is 1. The summed E-state index contributed by atoms with van der Waals surface area (Å²) in [6, 6.07) is 22.4. The Morgan fingerprint density at radius 1 is 0.850 bits per heavy atom. The van der Waals surface area contributed by atoms with Crippen molar-refractivity contribution in [3.8, 4) is 11.5 Å². The van der Waals surface area contributed by atoms with Gasteiger partial charge in [-0.1, -0.05) is 39.1 Å². The highest BCUT2D eigenvalue weighted by Gasteiger charge is 2.15. The third-order valence-electron chi connectivity index (χ3n) is 5.45. The van der Waals surface area contributed by atoms with Crippen molar-refractivity contribution in [1.82, 2.24) is 5.43 Å². The maximum atomic E-state index is 12.6. The number of ether oxygens (including phenoxy) is 2. The molecule has 2 amide bonds. The van der Waals surface area contributed by atoms with Crippen molar-refractivity contribution in [3.05, 3.63) is 122 Å². The van der Waals surface area contributed by atoms with Crippen molar-refractivity contribution in [1.29, 1.82) is 0 Å². The SMILES string of the molecule is COc1ccc(C(=O)Nc2ccc(C(=O)N/N=C\c3cc(Br)ccc3OC(=O)c3ccc(Cl)cc3Cl)cc2)cc1. The lowest BCUT2D eigenvalue weighted by Crippen LogP contribution is -2.18. The molecule has 202 valence electrons. The molecule has 40 heavy (non-hydrogen) atoms. The van der Waals surface area contributed by atoms with Gasteiger partial charge in [-0.25, -0.2) is 10.2 Å². The number of hydrogen-bond acceptors (Lipinski definition) is 6. The summed E-state index contributed by atoms with van der Waals surface area (Å²) >= 11 is 15.4. The van der Waals surface area contributed by atoms with Crippen LogP contribution in [0.1, 0.15) is 36.6 Å². The Hall–Kier alpha value is -4.18. The molecule has 0 bridgehead atoms. The van der Waals surface area contributed by atoms with Gasteiger partial charge in [0.15, 0.2) is 0 Å². The zero-order chi connectivity index (χ0) is 28.6. The van der Waals surface area contributed by atoms with Crippen molar-refractivity contribution in [2.75, 3.05) is 12.4 Å². The van der Waals surface area contributed by atoms with Gasteiger partial charge < -0.3 is 14.8 Å². The van der Waals surface area contributed by atoms with Gasteiger partial charge in [-0.05, 0) is 84.9 Å². The quantitative estimate of drug-likeness (QED) is 0.0934. The lowest BCUT2D eigenvalue weighted by Gasteiger charge is -2.09. The number of nitrogens with zero attached hydrogens (tertiary/aromatic N) is 1. The first-order valence-corrected chi connectivity index (χ1v) is 13.1. The molecule has 0 aliphatic rings. The summed E-state index contributed by atoms with van der Waals surface area (Å²) in [5.41, 5.74) is 4.30. The van der Waals surface area contributed by atoms with E-state index in [9.17, 15) is 14.4 Å². The number of esters is 1. The van der Waals surface area contributed by atoms with E-state index >= 15 is 0 Å². The van der Waals surface area contributed by atoms with Crippen LogP contribution in [0.4, 0.5) is 5.69 Å². The average Bonchev–Trinajstić information content (AvgIpc) is 2.94. The number of nitrogens with one attached hydrogen (secondary N) is 2. The van der Waals surface area contributed by atoms with Crippen LogP contribution in [0.2, 0.25) is 10.0 Å². The van der Waals surface area contributed by atoms with Crippen molar-refractivity contribution in [2.24, 2.45) is 5.10 Å². The summed E-state index contributed by atoms with van der Waals surface area (Å²) in [7, 11) is 1.55. The number of carbonyl (C=O) groups is 3. The van der Waals surface area contributed by atoms with Crippen molar-refractivity contribution in [3.63, 3.8) is 0 Å². The highest BCUT2D eigenvalue weighted by molar-refractivity contribution is 9.10. The second-order valence-corrected chi connectivity index (χ2v) is 9.91. The van der Waals surface area contributed by atoms with Gasteiger partial charge in [0.1, 0.15) is 11.5 Å². The smallest absolute Gasteiger partial charge is 0.345 e. The van der Waals surface area contributed by atoms with Gasteiger partial charge in [-0.2, -0.15) is 5.10 Å². The Kier molecular flexibility index (Phi) is 9.55. The van der Waals surface area contributed by atoms with Gasteiger partial charge >= 0.3 is 5.97 Å². The van der Waals surface area contributed by atoms with E-state index in [0.29, 0.717) is 37.6 Å². The van der Waals surface area contributed by atoms with Gasteiger partial charge in [0.2, 0.25) is 0 Å². The molecule has 0 aliphatic carbocycles. The molecule has 2 N–H and O–H groups in total. The number of halogens is 3. The molecule has 0 fully saturated rings. The topological polar surface area (TPSA) is 106 Å². The molecule has 0 atom stereocenters. The molecule has 8 nitrogen and oxygen atoms in total. The average molecular weight is 641 g/mol. The predicted molar refractivity (Wildman–Crippen MR) is 158 cm³/mol. The third-order valence-corrected chi connectivity index (χ3v) is 6.49. The first-order valence-electron chi connectivity index (χ1n) is 11.6. The van der Waals surface area contributed by atoms with Gasteiger partial charge in [0, 0.05) is 31.9 Å². The van der Waals surface area contributed by atoms with E-state index < -0.39 is 11.9 Å². The molecule has 0 saturated carbocycles. The standard InChI is InChI=1S/C29H20BrCl2N3O5/c1-39-23-10-4-17(5-11-23)27(36)34-22-8-2-18(3-9-22)28(37)35-33-16-19-14-20(30)6-13-26(19)40-29(38)24-12-7-21(31)15-25(24)32/h2-16H,1H3,(H,34,36)(H,35,37)/b33-16-. The lowest BCUT2D eigenvalue weighted by molar-refractivity contribution is 0.0734. The molecule has 0 radical (unpaired) electrons. The molecule has 11 heteroatoms. The van der Waals surface area contributed by atoms with Crippen LogP contribution < -0.4 is 20.2 Å². The Morgan fingerprint density at radius 2 is 1.52 bits per heavy atom. The maximum absolute atomic E-state index is 12.6. The summed E-state index contributed by atoms with van der Waals surface area (Å²) in [6.07, 6.45) is 1.35. The second-order valence-electron chi connectivity index (χ2n) is 8.15. The minimum Gasteiger partial charge on any atom is -0.497 e. The fourth-order valence-electron chi connectivity index (χ4n) is 3.40. The number of amides is 2. The van der Waals surface area contributed by atoms with E-state index in [0.717, 1.165) is 0 Å². The van der Waals surface area contributed by atoms with E-state index in [1.54, 1.807) is 73.8 Å². The van der Waals surface area contributed by atoms with Crippen molar-refractivity contribution >= 4 is 68.8 Å². The summed E-state index contributed by atoms with van der Waals surface area (Å²) in [6.45, 7) is 0. The van der Waals surface area contributed by atoms with Gasteiger partial charge in [-0.3, -0.25) is 9.59 Å². The maximum Gasteiger partial charge on any atom is 0.345 e. The van der Waals surface area contributed by atoms with E-state index in [1.807, 2.05) is 0 Å². The van der Waals surface area contributed by atoms with E-state index in [-0.39, 0.29) is 22.2 Å². The van der Waals surface area contributed by atoms with E-state index in [1.165, 1.54) is 24.4 Å². The molecule has 4 aromatic rings. The Morgan fingerprint density at radius 3 is 2.20 bits per heavy atom. The zero-order valence-corrected chi connectivity index (χ0v) is 23.9. The summed E-state index contributed by atoms with van der Waals surface area (Å²) in [5.74, 6) is -0.607. The van der Waals surface area contributed by atoms with Crippen LogP contribution in [0.5, 0.6) is 11.5 Å². The number of hydrogen-bond donors (Lipinski definition) is 2. The van der Waals surface area contributed by atoms with E-state index in [2.05, 4.69) is 31.8 Å². The lowest BCUT2D eigenvalue weighted by atomic mass is 10.1. The Bertz CT molecular complexity index is 1590. The minimum atomic E-state index is -0.679. The molecule has 0 aliphatic heterocycles. The van der Waals surface area contributed by atoms with Crippen LogP contribution in [0.3, 0.4) is 0 Å². The molecular weight excluding hydrogens is 621 g/mol. The number of carbonyl (C=O) groups excluding carboxylic acids is 3. The second kappa shape index (κ2) is 13.3. The van der Waals surface area contributed by atoms with Crippen molar-refractivity contribution in [2.45, 2.75) is 0 Å². The number of rotatable bonds is 8. The highest BCUT2D eigenvalue weighted by atomic mass is 79.9. The monoisotopic (exact) mass is 639 g/mol. The summed E-state index contributed by atoms with van der Waals surface area (Å²) in [4.78, 5) is 37.7. The Labute approximate surface area is 248 Å². The Balaban J connectivity index is 1.38. The van der Waals surface area contributed by atoms with Gasteiger partial charge in [0.25, 0.3) is 11.8 Å². The first-order chi connectivity index (χ1) is 19.2. The molecule has 0 heterocycles. The van der Waals surface area contributed by atoms with Crippen LogP contribution in [0.15, 0.2) is 94.5 Å². The van der Waals surface area contributed by atoms with Gasteiger partial charge in [-0.15, -0.1) is 0 Å². The fraction of sp³-hybridized carbons (Fsp3) is 0.0345. The molecule has 4 aromatic carbocycles.